The molecule has 11 atom stereocenters. The van der Waals surface area contributed by atoms with Gasteiger partial charge in [0.15, 0.2) is 0 Å². The predicted octanol–water partition coefficient (Wildman–Crippen LogP) is 9.07. The highest BCUT2D eigenvalue weighted by Crippen LogP contribution is 2.69. The van der Waals surface area contributed by atoms with E-state index in [4.69, 9.17) is 0 Å². The van der Waals surface area contributed by atoms with Gasteiger partial charge in [-0.2, -0.15) is 0 Å². The molecule has 4 unspecified atom stereocenters. The van der Waals surface area contributed by atoms with Gasteiger partial charge in [0.2, 0.25) is 0 Å². The normalized spacial score (nSPS) is 46.9. The van der Waals surface area contributed by atoms with E-state index >= 15 is 0 Å². The summed E-state index contributed by atoms with van der Waals surface area (Å²) in [6, 6.07) is 0. The first-order valence-corrected chi connectivity index (χ1v) is 15.1. The van der Waals surface area contributed by atoms with E-state index < -0.39 is 0 Å². The van der Waals surface area contributed by atoms with Gasteiger partial charge >= 0.3 is 0 Å². The standard InChI is InChI=1S/C33H56O/c1-8-11-24-21-33(7)29(26(12-9-2)31(24)34)16-15-25-28-18-17-27(23(5)14-10-13-22(3)4)32(28,6)20-19-30(25)33/h8-9,22-31,34H,1-2,10-21H2,3-7H3/t23-,24-,25?,26+,27-,28?,29?,30?,31-,32-,33+/m1/s1. The summed E-state index contributed by atoms with van der Waals surface area (Å²) < 4.78 is 0. The maximum absolute atomic E-state index is 11.3. The van der Waals surface area contributed by atoms with Crippen molar-refractivity contribution in [3.8, 4) is 0 Å². The molecule has 0 bridgehead atoms. The Balaban J connectivity index is 1.53. The fraction of sp³-hybridized carbons (Fsp3) is 0.879. The molecule has 0 amide bonds. The van der Waals surface area contributed by atoms with Crippen LogP contribution in [0.2, 0.25) is 0 Å². The Morgan fingerprint density at radius 1 is 0.853 bits per heavy atom. The zero-order valence-electron chi connectivity index (χ0n) is 23.3. The van der Waals surface area contributed by atoms with Gasteiger partial charge in [0, 0.05) is 0 Å². The number of aliphatic hydroxyl groups is 1. The number of rotatable bonds is 9. The zero-order chi connectivity index (χ0) is 24.7. The minimum Gasteiger partial charge on any atom is -0.393 e. The fourth-order valence-electron chi connectivity index (χ4n) is 10.7. The summed E-state index contributed by atoms with van der Waals surface area (Å²) in [6.07, 6.45) is 19.9. The van der Waals surface area contributed by atoms with Gasteiger partial charge in [0.1, 0.15) is 0 Å². The van der Waals surface area contributed by atoms with Crippen LogP contribution >= 0.6 is 0 Å². The van der Waals surface area contributed by atoms with Gasteiger partial charge in [-0.1, -0.05) is 66.0 Å². The first kappa shape index (κ1) is 26.5. The van der Waals surface area contributed by atoms with E-state index in [1.165, 1.54) is 64.2 Å². The Hall–Kier alpha value is -0.560. The van der Waals surface area contributed by atoms with Crippen molar-refractivity contribution in [2.24, 2.45) is 64.1 Å². The molecule has 4 rings (SSSR count). The Labute approximate surface area is 212 Å². The van der Waals surface area contributed by atoms with Gasteiger partial charge in [0.05, 0.1) is 6.10 Å². The molecule has 1 N–H and O–H groups in total. The first-order valence-electron chi connectivity index (χ1n) is 15.1. The second kappa shape index (κ2) is 10.4. The highest BCUT2D eigenvalue weighted by molar-refractivity contribution is 5.12. The summed E-state index contributed by atoms with van der Waals surface area (Å²) in [4.78, 5) is 0. The van der Waals surface area contributed by atoms with Gasteiger partial charge in [-0.15, -0.1) is 13.2 Å². The van der Waals surface area contributed by atoms with Crippen molar-refractivity contribution in [3.05, 3.63) is 25.3 Å². The molecule has 4 aliphatic carbocycles. The maximum Gasteiger partial charge on any atom is 0.0605 e. The second-order valence-corrected chi connectivity index (χ2v) is 14.3. The van der Waals surface area contributed by atoms with Gasteiger partial charge < -0.3 is 5.11 Å². The Kier molecular flexibility index (Phi) is 8.13. The number of aliphatic hydroxyl groups excluding tert-OH is 1. The van der Waals surface area contributed by atoms with Crippen LogP contribution in [0.3, 0.4) is 0 Å². The van der Waals surface area contributed by atoms with Gasteiger partial charge in [-0.05, 0) is 122 Å². The van der Waals surface area contributed by atoms with Crippen molar-refractivity contribution < 1.29 is 5.11 Å². The zero-order valence-corrected chi connectivity index (χ0v) is 23.3. The number of fused-ring (bicyclic) bond motifs is 5. The molecule has 0 saturated heterocycles. The molecule has 0 heterocycles. The van der Waals surface area contributed by atoms with Crippen LogP contribution < -0.4 is 0 Å². The molecule has 0 radical (unpaired) electrons. The summed E-state index contributed by atoms with van der Waals surface area (Å²) in [5.41, 5.74) is 0.947. The van der Waals surface area contributed by atoms with Gasteiger partial charge in [-0.25, -0.2) is 0 Å². The average Bonchev–Trinajstić information content (AvgIpc) is 3.14. The maximum atomic E-state index is 11.3. The number of hydrogen-bond donors (Lipinski definition) is 1. The fourth-order valence-corrected chi connectivity index (χ4v) is 10.7. The minimum atomic E-state index is -0.179. The number of allylic oxidation sites excluding steroid dienone is 2. The van der Waals surface area contributed by atoms with Crippen molar-refractivity contribution in [2.75, 3.05) is 0 Å². The van der Waals surface area contributed by atoms with Crippen molar-refractivity contribution >= 4 is 0 Å². The van der Waals surface area contributed by atoms with Crippen LogP contribution in [-0.4, -0.2) is 11.2 Å². The third-order valence-electron chi connectivity index (χ3n) is 12.2. The van der Waals surface area contributed by atoms with Crippen molar-refractivity contribution in [1.82, 2.24) is 0 Å². The summed E-state index contributed by atoms with van der Waals surface area (Å²) in [6.45, 7) is 20.8. The summed E-state index contributed by atoms with van der Waals surface area (Å²) in [5, 5.41) is 11.3. The van der Waals surface area contributed by atoms with E-state index in [0.29, 0.717) is 28.6 Å². The molecular weight excluding hydrogens is 412 g/mol. The molecule has 194 valence electrons. The Morgan fingerprint density at radius 3 is 2.21 bits per heavy atom. The van der Waals surface area contributed by atoms with E-state index in [0.717, 1.165) is 48.3 Å². The quantitative estimate of drug-likeness (QED) is 0.334. The lowest BCUT2D eigenvalue weighted by molar-refractivity contribution is -0.169. The Bertz CT molecular complexity index is 709. The lowest BCUT2D eigenvalue weighted by Crippen LogP contribution is -2.58. The monoisotopic (exact) mass is 468 g/mol. The summed E-state index contributed by atoms with van der Waals surface area (Å²) >= 11 is 0. The van der Waals surface area contributed by atoms with Crippen LogP contribution in [0.4, 0.5) is 0 Å². The number of hydrogen-bond acceptors (Lipinski definition) is 1. The molecule has 0 aromatic rings. The molecule has 4 fully saturated rings. The topological polar surface area (TPSA) is 20.2 Å². The van der Waals surface area contributed by atoms with Gasteiger partial charge in [-0.3, -0.25) is 0 Å². The summed E-state index contributed by atoms with van der Waals surface area (Å²) in [5.74, 6) is 6.81. The van der Waals surface area contributed by atoms with E-state index in [9.17, 15) is 5.11 Å². The molecule has 1 heteroatoms. The molecule has 34 heavy (non-hydrogen) atoms. The smallest absolute Gasteiger partial charge is 0.0605 e. The molecule has 0 aromatic carbocycles. The van der Waals surface area contributed by atoms with Crippen LogP contribution in [0, 0.1) is 64.1 Å². The predicted molar refractivity (Wildman–Crippen MR) is 146 cm³/mol. The van der Waals surface area contributed by atoms with E-state index in [1.54, 1.807) is 0 Å². The molecule has 0 aromatic heterocycles. The van der Waals surface area contributed by atoms with E-state index in [2.05, 4.69) is 59.9 Å². The van der Waals surface area contributed by atoms with E-state index in [1.807, 2.05) is 0 Å². The highest BCUT2D eigenvalue weighted by Gasteiger charge is 2.62. The van der Waals surface area contributed by atoms with Crippen LogP contribution in [0.1, 0.15) is 112 Å². The third-order valence-corrected chi connectivity index (χ3v) is 12.2. The second-order valence-electron chi connectivity index (χ2n) is 14.3. The van der Waals surface area contributed by atoms with Gasteiger partial charge in [0.25, 0.3) is 0 Å². The third kappa shape index (κ3) is 4.50. The molecule has 0 aliphatic heterocycles. The van der Waals surface area contributed by atoms with Crippen molar-refractivity contribution in [2.45, 2.75) is 118 Å². The molecule has 1 nitrogen and oxygen atoms in total. The summed E-state index contributed by atoms with van der Waals surface area (Å²) in [7, 11) is 0. The van der Waals surface area contributed by atoms with Crippen LogP contribution in [-0.2, 0) is 0 Å². The minimum absolute atomic E-state index is 0.179. The molecule has 4 saturated carbocycles. The van der Waals surface area contributed by atoms with Crippen LogP contribution in [0.5, 0.6) is 0 Å². The van der Waals surface area contributed by atoms with Crippen LogP contribution in [0.25, 0.3) is 0 Å². The highest BCUT2D eigenvalue weighted by atomic mass is 16.3. The largest absolute Gasteiger partial charge is 0.393 e. The molecule has 4 aliphatic rings. The van der Waals surface area contributed by atoms with Crippen LogP contribution in [0.15, 0.2) is 25.3 Å². The Morgan fingerprint density at radius 2 is 1.53 bits per heavy atom. The first-order chi connectivity index (χ1) is 16.2. The van der Waals surface area contributed by atoms with Crippen molar-refractivity contribution in [1.29, 1.82) is 0 Å². The van der Waals surface area contributed by atoms with Crippen molar-refractivity contribution in [3.63, 3.8) is 0 Å². The van der Waals surface area contributed by atoms with E-state index in [-0.39, 0.29) is 6.10 Å². The lowest BCUT2D eigenvalue weighted by Gasteiger charge is -2.64. The SMILES string of the molecule is C=CC[C@@H]1C[C@]2(C)C3CC[C@@]4(C)C(CC[C@@H]4[C@H](C)CCCC(C)C)C3CCC2[C@H](CC=C)[C@@H]1O. The lowest BCUT2D eigenvalue weighted by atomic mass is 9.41. The molecular formula is C33H56O. The average molecular weight is 469 g/mol. The molecule has 0 spiro atoms.